The van der Waals surface area contributed by atoms with Crippen LogP contribution in [0.2, 0.25) is 0 Å². The highest BCUT2D eigenvalue weighted by Gasteiger charge is 2.89. The molecule has 2 bridgehead atoms. The Bertz CT molecular complexity index is 1240. The van der Waals surface area contributed by atoms with E-state index in [1.807, 2.05) is 0 Å². The SMILES string of the molecule is C[C@@H]1CC2OC3(OC2C(C)(C)O)C1[C@@]1(C)[C@H](O)CC24CC25CCC(O[C@@H]2OC[C@@H](O)[C@H](O)[C@H]2O)C(C)(C)C5CCC4[C@]1(C)[C@H]3O. The molecular weight excluding hydrogens is 580 g/mol. The van der Waals surface area contributed by atoms with Crippen LogP contribution in [0, 0.1) is 50.7 Å². The Morgan fingerprint density at radius 3 is 2.22 bits per heavy atom. The Labute approximate surface area is 266 Å². The minimum absolute atomic E-state index is 0.0126. The lowest BCUT2D eigenvalue weighted by atomic mass is 9.40. The summed E-state index contributed by atoms with van der Waals surface area (Å²) in [5, 5.41) is 67.0. The van der Waals surface area contributed by atoms with Crippen molar-refractivity contribution in [2.75, 3.05) is 6.61 Å². The highest BCUT2D eigenvalue weighted by atomic mass is 16.8. The summed E-state index contributed by atoms with van der Waals surface area (Å²) in [5.41, 5.74) is -2.78. The zero-order chi connectivity index (χ0) is 32.5. The van der Waals surface area contributed by atoms with Crippen LogP contribution in [0.25, 0.3) is 0 Å². The van der Waals surface area contributed by atoms with Crippen molar-refractivity contribution in [2.45, 2.75) is 160 Å². The fraction of sp³-hybridized carbons (Fsp3) is 1.00. The van der Waals surface area contributed by atoms with E-state index in [0.29, 0.717) is 12.3 Å². The Kier molecular flexibility index (Phi) is 6.53. The summed E-state index contributed by atoms with van der Waals surface area (Å²) in [7, 11) is 0. The average molecular weight is 637 g/mol. The van der Waals surface area contributed by atoms with Gasteiger partial charge >= 0.3 is 0 Å². The fourth-order valence-corrected chi connectivity index (χ4v) is 14.0. The maximum Gasteiger partial charge on any atom is 0.199 e. The second kappa shape index (κ2) is 9.23. The van der Waals surface area contributed by atoms with Gasteiger partial charge in [-0.3, -0.25) is 0 Å². The first-order chi connectivity index (χ1) is 20.8. The van der Waals surface area contributed by atoms with Crippen molar-refractivity contribution in [3.63, 3.8) is 0 Å². The smallest absolute Gasteiger partial charge is 0.199 e. The first-order valence-electron chi connectivity index (χ1n) is 17.6. The number of hydrogen-bond acceptors (Lipinski definition) is 10. The van der Waals surface area contributed by atoms with Crippen molar-refractivity contribution in [2.24, 2.45) is 50.7 Å². The summed E-state index contributed by atoms with van der Waals surface area (Å²) in [4.78, 5) is 0. The molecule has 6 N–H and O–H groups in total. The minimum Gasteiger partial charge on any atom is -0.393 e. The summed E-state index contributed by atoms with van der Waals surface area (Å²) in [6, 6.07) is 0. The van der Waals surface area contributed by atoms with Crippen LogP contribution in [-0.2, 0) is 18.9 Å². The molecule has 256 valence electrons. The van der Waals surface area contributed by atoms with Crippen LogP contribution < -0.4 is 0 Å². The van der Waals surface area contributed by atoms with E-state index in [9.17, 15) is 30.6 Å². The molecule has 8 aliphatic rings. The predicted octanol–water partition coefficient (Wildman–Crippen LogP) is 2.09. The molecule has 10 nitrogen and oxygen atoms in total. The average Bonchev–Trinajstić information content (AvgIpc) is 3.44. The third-order valence-corrected chi connectivity index (χ3v) is 15.9. The van der Waals surface area contributed by atoms with Gasteiger partial charge in [0.25, 0.3) is 0 Å². The van der Waals surface area contributed by atoms with Crippen molar-refractivity contribution in [3.05, 3.63) is 0 Å². The lowest BCUT2D eigenvalue weighted by Crippen LogP contribution is -2.64. The second-order valence-corrected chi connectivity index (χ2v) is 18.4. The molecule has 5 aliphatic carbocycles. The normalized spacial score (nSPS) is 62.7. The molecule has 3 spiro atoms. The van der Waals surface area contributed by atoms with E-state index >= 15 is 0 Å². The van der Waals surface area contributed by atoms with Gasteiger partial charge in [-0.25, -0.2) is 0 Å². The molecular formula is C35H56O10. The van der Waals surface area contributed by atoms with Crippen LogP contribution in [0.3, 0.4) is 0 Å². The van der Waals surface area contributed by atoms with Gasteiger partial charge < -0.3 is 49.6 Å². The van der Waals surface area contributed by atoms with Gasteiger partial charge in [-0.2, -0.15) is 0 Å². The lowest BCUT2D eigenvalue weighted by molar-refractivity contribution is -0.304. The van der Waals surface area contributed by atoms with Crippen LogP contribution in [0.5, 0.6) is 0 Å². The van der Waals surface area contributed by atoms with E-state index in [1.54, 1.807) is 13.8 Å². The molecule has 9 unspecified atom stereocenters. The molecule has 8 rings (SSSR count). The first kappa shape index (κ1) is 31.8. The van der Waals surface area contributed by atoms with Crippen molar-refractivity contribution in [1.29, 1.82) is 0 Å². The molecule has 18 atom stereocenters. The van der Waals surface area contributed by atoms with Crippen LogP contribution in [0.15, 0.2) is 0 Å². The number of rotatable bonds is 3. The zero-order valence-electron chi connectivity index (χ0n) is 28.0. The lowest BCUT2D eigenvalue weighted by Gasteiger charge is -2.65. The topological polar surface area (TPSA) is 158 Å². The van der Waals surface area contributed by atoms with Crippen molar-refractivity contribution < 1.29 is 49.6 Å². The van der Waals surface area contributed by atoms with E-state index < -0.39 is 65.1 Å². The number of hydrogen-bond donors (Lipinski definition) is 6. The number of fused-ring (bicyclic) bond motifs is 4. The third kappa shape index (κ3) is 3.51. The molecule has 3 saturated heterocycles. The van der Waals surface area contributed by atoms with Gasteiger partial charge in [0.05, 0.1) is 30.5 Å². The monoisotopic (exact) mass is 636 g/mol. The number of aliphatic hydroxyl groups excluding tert-OH is 5. The van der Waals surface area contributed by atoms with Crippen LogP contribution in [-0.4, -0.2) is 104 Å². The Morgan fingerprint density at radius 1 is 0.844 bits per heavy atom. The Balaban J connectivity index is 1.12. The van der Waals surface area contributed by atoms with Crippen LogP contribution in [0.4, 0.5) is 0 Å². The zero-order valence-corrected chi connectivity index (χ0v) is 28.0. The summed E-state index contributed by atoms with van der Waals surface area (Å²) >= 11 is 0. The van der Waals surface area contributed by atoms with E-state index in [4.69, 9.17) is 18.9 Å². The standard InChI is InChI=1S/C35H56O10/c1-16-12-18-26(30(4,5)41)45-35(44-18)25(16)32(7)21(37)13-34-15-33(34)11-10-22(43-27-24(39)23(38)17(36)14-42-27)29(2,3)19(33)8-9-20(34)31(32,6)28(35)40/h16-28,36-41H,8-15H2,1-7H3/t16-,17-,18?,19?,20?,21-,22?,23+,24-,25?,26?,27+,28-,31-,32-,33?,34?,35?/m1/s1. The molecule has 0 aromatic rings. The molecule has 10 heteroatoms. The molecule has 3 aliphatic heterocycles. The largest absolute Gasteiger partial charge is 0.393 e. The predicted molar refractivity (Wildman–Crippen MR) is 160 cm³/mol. The van der Waals surface area contributed by atoms with Crippen LogP contribution in [0.1, 0.15) is 93.4 Å². The van der Waals surface area contributed by atoms with Crippen molar-refractivity contribution in [3.8, 4) is 0 Å². The Morgan fingerprint density at radius 2 is 1.53 bits per heavy atom. The highest BCUT2D eigenvalue weighted by molar-refractivity contribution is 5.36. The molecule has 8 fully saturated rings. The van der Waals surface area contributed by atoms with E-state index in [0.717, 1.165) is 38.5 Å². The highest BCUT2D eigenvalue weighted by Crippen LogP contribution is 2.90. The van der Waals surface area contributed by atoms with Gasteiger partial charge in [0, 0.05) is 16.7 Å². The maximum absolute atomic E-state index is 12.7. The maximum atomic E-state index is 12.7. The fourth-order valence-electron chi connectivity index (χ4n) is 14.0. The van der Waals surface area contributed by atoms with Gasteiger partial charge in [-0.15, -0.1) is 0 Å². The van der Waals surface area contributed by atoms with Gasteiger partial charge in [0.2, 0.25) is 0 Å². The van der Waals surface area contributed by atoms with Gasteiger partial charge in [0.15, 0.2) is 12.1 Å². The van der Waals surface area contributed by atoms with Crippen molar-refractivity contribution in [1.82, 2.24) is 0 Å². The molecule has 0 aromatic carbocycles. The second-order valence-electron chi connectivity index (χ2n) is 18.4. The first-order valence-corrected chi connectivity index (χ1v) is 17.6. The summed E-state index contributed by atoms with van der Waals surface area (Å²) in [5.74, 6) is -0.820. The molecule has 45 heavy (non-hydrogen) atoms. The van der Waals surface area contributed by atoms with Gasteiger partial charge in [0.1, 0.15) is 30.5 Å². The summed E-state index contributed by atoms with van der Waals surface area (Å²) in [6.45, 7) is 14.5. The summed E-state index contributed by atoms with van der Waals surface area (Å²) in [6.07, 6.45) is -1.40. The van der Waals surface area contributed by atoms with E-state index in [2.05, 4.69) is 34.6 Å². The molecule has 0 aromatic heterocycles. The third-order valence-electron chi connectivity index (χ3n) is 15.9. The van der Waals surface area contributed by atoms with Gasteiger partial charge in [-0.1, -0.05) is 34.6 Å². The molecule has 0 amide bonds. The van der Waals surface area contributed by atoms with E-state index in [1.165, 1.54) is 0 Å². The van der Waals surface area contributed by atoms with Gasteiger partial charge in [-0.05, 0) is 92.8 Å². The molecule has 0 radical (unpaired) electrons. The quantitative estimate of drug-likeness (QED) is 0.254. The summed E-state index contributed by atoms with van der Waals surface area (Å²) < 4.78 is 25.6. The molecule has 3 heterocycles. The minimum atomic E-state index is -1.32. The van der Waals surface area contributed by atoms with Crippen LogP contribution >= 0.6 is 0 Å². The van der Waals surface area contributed by atoms with Crippen molar-refractivity contribution >= 4 is 0 Å². The Hall–Kier alpha value is -0.400. The number of ether oxygens (including phenoxy) is 4. The molecule has 5 saturated carbocycles. The van der Waals surface area contributed by atoms with E-state index in [-0.39, 0.29) is 52.8 Å². The number of aliphatic hydroxyl groups is 6.